The quantitative estimate of drug-likeness (QED) is 0.888. The standard InChI is InChI=1S/C16H25N3O/c1-12-5-4-6-14(11-12)18-16(15(20)19(2)3)9-7-13(17)8-10-16/h4-6,11,13,18H,7-10,17H2,1-3H3. The second kappa shape index (κ2) is 5.83. The topological polar surface area (TPSA) is 58.4 Å². The molecule has 1 fully saturated rings. The van der Waals surface area contributed by atoms with Crippen LogP contribution in [0.2, 0.25) is 0 Å². The molecule has 1 saturated carbocycles. The molecular weight excluding hydrogens is 250 g/mol. The Labute approximate surface area is 121 Å². The van der Waals surface area contributed by atoms with Gasteiger partial charge in [-0.05, 0) is 50.3 Å². The van der Waals surface area contributed by atoms with Crippen molar-refractivity contribution in [2.75, 3.05) is 19.4 Å². The van der Waals surface area contributed by atoms with E-state index < -0.39 is 5.54 Å². The van der Waals surface area contributed by atoms with Crippen LogP contribution in [0, 0.1) is 6.92 Å². The van der Waals surface area contributed by atoms with Gasteiger partial charge in [-0.2, -0.15) is 0 Å². The van der Waals surface area contributed by atoms with Crippen LogP contribution in [0.15, 0.2) is 24.3 Å². The molecule has 110 valence electrons. The molecule has 0 radical (unpaired) electrons. The van der Waals surface area contributed by atoms with Crippen LogP contribution in [0.5, 0.6) is 0 Å². The zero-order valence-corrected chi connectivity index (χ0v) is 12.6. The maximum atomic E-state index is 12.6. The Hall–Kier alpha value is -1.55. The van der Waals surface area contributed by atoms with Gasteiger partial charge in [-0.3, -0.25) is 4.79 Å². The minimum absolute atomic E-state index is 0.144. The van der Waals surface area contributed by atoms with E-state index in [0.717, 1.165) is 31.4 Å². The predicted molar refractivity (Wildman–Crippen MR) is 82.7 cm³/mol. The molecule has 1 aromatic carbocycles. The van der Waals surface area contributed by atoms with Gasteiger partial charge in [0.15, 0.2) is 0 Å². The van der Waals surface area contributed by atoms with Crippen molar-refractivity contribution in [3.63, 3.8) is 0 Å². The van der Waals surface area contributed by atoms with E-state index in [1.54, 1.807) is 4.90 Å². The number of likely N-dealkylation sites (N-methyl/N-ethyl adjacent to an activating group) is 1. The molecule has 0 atom stereocenters. The first kappa shape index (κ1) is 14.9. The number of amides is 1. The Kier molecular flexibility index (Phi) is 4.33. The molecule has 0 unspecified atom stereocenters. The summed E-state index contributed by atoms with van der Waals surface area (Å²) in [6.45, 7) is 2.06. The summed E-state index contributed by atoms with van der Waals surface area (Å²) in [7, 11) is 3.63. The molecule has 1 aliphatic rings. The highest BCUT2D eigenvalue weighted by atomic mass is 16.2. The number of aryl methyl sites for hydroxylation is 1. The monoisotopic (exact) mass is 275 g/mol. The van der Waals surface area contributed by atoms with Gasteiger partial charge in [-0.1, -0.05) is 12.1 Å². The molecule has 0 saturated heterocycles. The highest BCUT2D eigenvalue weighted by Gasteiger charge is 2.42. The SMILES string of the molecule is Cc1cccc(NC2(C(=O)N(C)C)CCC(N)CC2)c1. The van der Waals surface area contributed by atoms with Crippen molar-refractivity contribution in [3.05, 3.63) is 29.8 Å². The van der Waals surface area contributed by atoms with Crippen LogP contribution in [0.4, 0.5) is 5.69 Å². The number of anilines is 1. The molecule has 1 amide bonds. The Balaban J connectivity index is 2.25. The summed E-state index contributed by atoms with van der Waals surface area (Å²) in [6, 6.07) is 8.39. The fourth-order valence-electron chi connectivity index (χ4n) is 2.95. The second-order valence-corrected chi connectivity index (χ2v) is 6.11. The van der Waals surface area contributed by atoms with Gasteiger partial charge in [0.25, 0.3) is 0 Å². The zero-order chi connectivity index (χ0) is 14.8. The summed E-state index contributed by atoms with van der Waals surface area (Å²) in [5, 5.41) is 3.49. The van der Waals surface area contributed by atoms with Gasteiger partial charge < -0.3 is 16.0 Å². The maximum absolute atomic E-state index is 12.6. The lowest BCUT2D eigenvalue weighted by molar-refractivity contribution is -0.134. The van der Waals surface area contributed by atoms with Gasteiger partial charge in [-0.25, -0.2) is 0 Å². The fraction of sp³-hybridized carbons (Fsp3) is 0.562. The number of hydrogen-bond donors (Lipinski definition) is 2. The third kappa shape index (κ3) is 3.12. The van der Waals surface area contributed by atoms with Gasteiger partial charge in [0, 0.05) is 25.8 Å². The van der Waals surface area contributed by atoms with Crippen molar-refractivity contribution in [2.45, 2.75) is 44.2 Å². The van der Waals surface area contributed by atoms with Crippen LogP contribution in [0.1, 0.15) is 31.2 Å². The number of carbonyl (C=O) groups excluding carboxylic acids is 1. The number of nitrogens with two attached hydrogens (primary N) is 1. The van der Waals surface area contributed by atoms with Crippen molar-refractivity contribution in [2.24, 2.45) is 5.73 Å². The van der Waals surface area contributed by atoms with Gasteiger partial charge in [0.05, 0.1) is 0 Å². The number of hydrogen-bond acceptors (Lipinski definition) is 3. The van der Waals surface area contributed by atoms with E-state index in [-0.39, 0.29) is 11.9 Å². The van der Waals surface area contributed by atoms with Crippen molar-refractivity contribution >= 4 is 11.6 Å². The average Bonchev–Trinajstić information content (AvgIpc) is 2.41. The molecule has 4 heteroatoms. The van der Waals surface area contributed by atoms with Crippen molar-refractivity contribution in [1.29, 1.82) is 0 Å². The largest absolute Gasteiger partial charge is 0.371 e. The second-order valence-electron chi connectivity index (χ2n) is 6.11. The average molecular weight is 275 g/mol. The lowest BCUT2D eigenvalue weighted by Gasteiger charge is -2.41. The fourth-order valence-corrected chi connectivity index (χ4v) is 2.95. The number of carbonyl (C=O) groups is 1. The Morgan fingerprint density at radius 2 is 2.00 bits per heavy atom. The van der Waals surface area contributed by atoms with Crippen LogP contribution in [0.25, 0.3) is 0 Å². The Bertz CT molecular complexity index is 476. The van der Waals surface area contributed by atoms with E-state index in [1.165, 1.54) is 5.56 Å². The summed E-state index contributed by atoms with van der Waals surface area (Å²) in [5.41, 5.74) is 7.69. The van der Waals surface area contributed by atoms with E-state index >= 15 is 0 Å². The molecule has 20 heavy (non-hydrogen) atoms. The van der Waals surface area contributed by atoms with Crippen LogP contribution < -0.4 is 11.1 Å². The summed E-state index contributed by atoms with van der Waals surface area (Å²) in [5.74, 6) is 0.144. The summed E-state index contributed by atoms with van der Waals surface area (Å²) in [6.07, 6.45) is 3.36. The third-order valence-electron chi connectivity index (χ3n) is 4.10. The third-order valence-corrected chi connectivity index (χ3v) is 4.10. The first-order valence-electron chi connectivity index (χ1n) is 7.25. The van der Waals surface area contributed by atoms with E-state index in [0.29, 0.717) is 0 Å². The molecule has 0 heterocycles. The van der Waals surface area contributed by atoms with Crippen LogP contribution >= 0.6 is 0 Å². The van der Waals surface area contributed by atoms with E-state index in [4.69, 9.17) is 5.73 Å². The lowest BCUT2D eigenvalue weighted by Crippen LogP contribution is -2.55. The summed E-state index contributed by atoms with van der Waals surface area (Å²) in [4.78, 5) is 14.3. The molecule has 0 aromatic heterocycles. The first-order valence-corrected chi connectivity index (χ1v) is 7.25. The molecule has 0 bridgehead atoms. The normalized spacial score (nSPS) is 26.1. The predicted octanol–water partition coefficient (Wildman–Crippen LogP) is 2.14. The summed E-state index contributed by atoms with van der Waals surface area (Å²) >= 11 is 0. The maximum Gasteiger partial charge on any atom is 0.247 e. The number of benzene rings is 1. The Morgan fingerprint density at radius 3 is 2.55 bits per heavy atom. The van der Waals surface area contributed by atoms with E-state index in [1.807, 2.05) is 26.2 Å². The Morgan fingerprint density at radius 1 is 1.35 bits per heavy atom. The number of nitrogens with one attached hydrogen (secondary N) is 1. The van der Waals surface area contributed by atoms with Gasteiger partial charge in [0.2, 0.25) is 5.91 Å². The lowest BCUT2D eigenvalue weighted by atomic mass is 9.78. The molecule has 1 aromatic rings. The minimum Gasteiger partial charge on any atom is -0.371 e. The molecule has 0 spiro atoms. The number of nitrogens with zero attached hydrogens (tertiary/aromatic N) is 1. The van der Waals surface area contributed by atoms with Gasteiger partial charge >= 0.3 is 0 Å². The molecule has 0 aliphatic heterocycles. The smallest absolute Gasteiger partial charge is 0.247 e. The molecule has 2 rings (SSSR count). The minimum atomic E-state index is -0.507. The van der Waals surface area contributed by atoms with Crippen LogP contribution in [-0.4, -0.2) is 36.5 Å². The highest BCUT2D eigenvalue weighted by molar-refractivity contribution is 5.89. The summed E-state index contributed by atoms with van der Waals surface area (Å²) < 4.78 is 0. The first-order chi connectivity index (χ1) is 9.43. The van der Waals surface area contributed by atoms with E-state index in [2.05, 4.69) is 24.4 Å². The molecule has 1 aliphatic carbocycles. The van der Waals surface area contributed by atoms with Crippen molar-refractivity contribution < 1.29 is 4.79 Å². The molecular formula is C16H25N3O. The van der Waals surface area contributed by atoms with Crippen molar-refractivity contribution in [3.8, 4) is 0 Å². The molecule has 4 nitrogen and oxygen atoms in total. The van der Waals surface area contributed by atoms with E-state index in [9.17, 15) is 4.79 Å². The molecule has 3 N–H and O–H groups in total. The van der Waals surface area contributed by atoms with Crippen LogP contribution in [-0.2, 0) is 4.79 Å². The van der Waals surface area contributed by atoms with Gasteiger partial charge in [0.1, 0.15) is 5.54 Å². The zero-order valence-electron chi connectivity index (χ0n) is 12.6. The highest BCUT2D eigenvalue weighted by Crippen LogP contribution is 2.33. The van der Waals surface area contributed by atoms with Crippen LogP contribution in [0.3, 0.4) is 0 Å². The van der Waals surface area contributed by atoms with Gasteiger partial charge in [-0.15, -0.1) is 0 Å². The van der Waals surface area contributed by atoms with Crippen molar-refractivity contribution in [1.82, 2.24) is 4.90 Å². The number of rotatable bonds is 3.